The molecular weight excluding hydrogens is 390 g/mol. The highest BCUT2D eigenvalue weighted by molar-refractivity contribution is 7.61. The summed E-state index contributed by atoms with van der Waals surface area (Å²) >= 11 is 0. The standard InChI is InChI=1S/C25H46N2P2/c1-23(2,3)29(24(4,5)6)18-19-10-7-13-22(19)25(28,20-11-8-14-26-16-20)21-12-9-15-27-17-21/h7,10,20-21,26-27H,8-9,11-18,28H2,1-6H3. The zero-order valence-electron chi connectivity index (χ0n) is 19.9. The molecule has 3 atom stereocenters. The Morgan fingerprint density at radius 2 is 1.45 bits per heavy atom. The van der Waals surface area contributed by atoms with Crippen molar-refractivity contribution < 1.29 is 0 Å². The second-order valence-corrected chi connectivity index (χ2v) is 16.4. The summed E-state index contributed by atoms with van der Waals surface area (Å²) in [4.78, 5) is 0. The number of rotatable bonds is 5. The fourth-order valence-electron chi connectivity index (χ4n) is 6.15. The molecule has 3 aliphatic rings. The van der Waals surface area contributed by atoms with Crippen molar-refractivity contribution in [3.63, 3.8) is 0 Å². The Morgan fingerprint density at radius 3 is 1.86 bits per heavy atom. The Kier molecular flexibility index (Phi) is 7.75. The number of piperidine rings is 2. The van der Waals surface area contributed by atoms with Crippen LogP contribution in [0, 0.1) is 11.8 Å². The topological polar surface area (TPSA) is 24.1 Å². The summed E-state index contributed by atoms with van der Waals surface area (Å²) in [5.41, 5.74) is 3.46. The molecule has 166 valence electrons. The highest BCUT2D eigenvalue weighted by Crippen LogP contribution is 2.61. The molecule has 3 unspecified atom stereocenters. The van der Waals surface area contributed by atoms with Crippen LogP contribution in [-0.4, -0.2) is 47.8 Å². The third kappa shape index (κ3) is 5.37. The molecule has 2 heterocycles. The lowest BCUT2D eigenvalue weighted by molar-refractivity contribution is 0.217. The third-order valence-corrected chi connectivity index (χ3v) is 12.6. The molecule has 4 heteroatoms. The first-order valence-electron chi connectivity index (χ1n) is 11.9. The molecular formula is C25H46N2P2. The SMILES string of the molecule is CC(C)(C)P(CC1=C(C(P)(C2CCCNC2)C2CCCNC2)CC=C1)C(C)(C)C. The molecule has 3 rings (SSSR count). The van der Waals surface area contributed by atoms with E-state index in [2.05, 4.69) is 73.6 Å². The highest BCUT2D eigenvalue weighted by Gasteiger charge is 2.46. The summed E-state index contributed by atoms with van der Waals surface area (Å²) in [5, 5.41) is 8.47. The van der Waals surface area contributed by atoms with Crippen LogP contribution < -0.4 is 10.6 Å². The van der Waals surface area contributed by atoms with Crippen molar-refractivity contribution in [2.45, 2.75) is 89.1 Å². The zero-order valence-corrected chi connectivity index (χ0v) is 22.0. The van der Waals surface area contributed by atoms with Gasteiger partial charge in [-0.1, -0.05) is 67.2 Å². The van der Waals surface area contributed by atoms with Crippen LogP contribution in [0.25, 0.3) is 0 Å². The largest absolute Gasteiger partial charge is 0.316 e. The molecule has 0 amide bonds. The predicted molar refractivity (Wildman–Crippen MR) is 136 cm³/mol. The summed E-state index contributed by atoms with van der Waals surface area (Å²) in [6.45, 7) is 19.6. The molecule has 29 heavy (non-hydrogen) atoms. The average Bonchev–Trinajstić information content (AvgIpc) is 3.14. The minimum absolute atomic E-state index is 0.112. The second-order valence-electron chi connectivity index (χ2n) is 11.6. The van der Waals surface area contributed by atoms with Crippen LogP contribution >= 0.6 is 17.2 Å². The first kappa shape index (κ1) is 23.9. The van der Waals surface area contributed by atoms with E-state index in [1.807, 2.05) is 0 Å². The summed E-state index contributed by atoms with van der Waals surface area (Å²) < 4.78 is 0. The van der Waals surface area contributed by atoms with E-state index in [9.17, 15) is 0 Å². The zero-order chi connectivity index (χ0) is 21.3. The van der Waals surface area contributed by atoms with E-state index < -0.39 is 0 Å². The molecule has 2 nitrogen and oxygen atoms in total. The fourth-order valence-corrected chi connectivity index (χ4v) is 10.6. The molecule has 2 saturated heterocycles. The number of hydrogen-bond donors (Lipinski definition) is 2. The quantitative estimate of drug-likeness (QED) is 0.522. The van der Waals surface area contributed by atoms with Gasteiger partial charge in [-0.05, 0) is 92.2 Å². The molecule has 0 aromatic rings. The molecule has 0 radical (unpaired) electrons. The lowest BCUT2D eigenvalue weighted by Gasteiger charge is -2.49. The van der Waals surface area contributed by atoms with Gasteiger partial charge in [0.2, 0.25) is 0 Å². The third-order valence-electron chi connectivity index (χ3n) is 7.44. The average molecular weight is 437 g/mol. The van der Waals surface area contributed by atoms with Gasteiger partial charge >= 0.3 is 0 Å². The van der Waals surface area contributed by atoms with E-state index in [1.54, 1.807) is 11.1 Å². The second kappa shape index (κ2) is 9.40. The number of hydrogen-bond acceptors (Lipinski definition) is 2. The normalized spacial score (nSPS) is 28.8. The fraction of sp³-hybridized carbons (Fsp3) is 0.840. The minimum atomic E-state index is -0.112. The van der Waals surface area contributed by atoms with Gasteiger partial charge in [-0.3, -0.25) is 0 Å². The predicted octanol–water partition coefficient (Wildman–Crippen LogP) is 5.93. The molecule has 2 N–H and O–H groups in total. The van der Waals surface area contributed by atoms with E-state index >= 15 is 0 Å². The van der Waals surface area contributed by atoms with Gasteiger partial charge < -0.3 is 10.6 Å². The van der Waals surface area contributed by atoms with Crippen molar-refractivity contribution in [1.29, 1.82) is 0 Å². The Labute approximate surface area is 184 Å². The maximum Gasteiger partial charge on any atom is 0.0146 e. The Balaban J connectivity index is 1.98. The van der Waals surface area contributed by atoms with Crippen LogP contribution in [0.15, 0.2) is 23.3 Å². The monoisotopic (exact) mass is 436 g/mol. The van der Waals surface area contributed by atoms with E-state index in [0.717, 1.165) is 11.8 Å². The van der Waals surface area contributed by atoms with E-state index in [1.165, 1.54) is 64.4 Å². The molecule has 2 aliphatic heterocycles. The number of allylic oxidation sites excluding steroid dienone is 4. The molecule has 0 aromatic heterocycles. The lowest BCUT2D eigenvalue weighted by Crippen LogP contribution is -2.52. The first-order chi connectivity index (χ1) is 13.5. The lowest BCUT2D eigenvalue weighted by atomic mass is 9.69. The van der Waals surface area contributed by atoms with Gasteiger partial charge in [0, 0.05) is 5.16 Å². The molecule has 0 bridgehead atoms. The van der Waals surface area contributed by atoms with Gasteiger partial charge in [0.1, 0.15) is 0 Å². The van der Waals surface area contributed by atoms with Crippen molar-refractivity contribution in [2.75, 3.05) is 32.3 Å². The van der Waals surface area contributed by atoms with Gasteiger partial charge in [-0.2, -0.15) is 0 Å². The van der Waals surface area contributed by atoms with Crippen molar-refractivity contribution in [2.24, 2.45) is 11.8 Å². The first-order valence-corrected chi connectivity index (χ1v) is 14.0. The van der Waals surface area contributed by atoms with E-state index in [0.29, 0.717) is 10.3 Å². The summed E-state index contributed by atoms with van der Waals surface area (Å²) in [6, 6.07) is 0. The van der Waals surface area contributed by atoms with Crippen LogP contribution in [-0.2, 0) is 0 Å². The highest BCUT2D eigenvalue weighted by atomic mass is 31.1. The molecule has 2 fully saturated rings. The van der Waals surface area contributed by atoms with Gasteiger partial charge in [0.05, 0.1) is 0 Å². The molecule has 1 aliphatic carbocycles. The van der Waals surface area contributed by atoms with Crippen LogP contribution in [0.1, 0.15) is 73.6 Å². The molecule has 0 saturated carbocycles. The molecule has 0 spiro atoms. The summed E-state index contributed by atoms with van der Waals surface area (Å²) in [7, 11) is 3.36. The van der Waals surface area contributed by atoms with Crippen LogP contribution in [0.2, 0.25) is 0 Å². The van der Waals surface area contributed by atoms with Crippen LogP contribution in [0.5, 0.6) is 0 Å². The summed E-state index contributed by atoms with van der Waals surface area (Å²) in [6.07, 6.45) is 12.8. The Hall–Kier alpha value is 0.260. The maximum absolute atomic E-state index is 3.73. The van der Waals surface area contributed by atoms with Crippen LogP contribution in [0.4, 0.5) is 0 Å². The van der Waals surface area contributed by atoms with E-state index in [-0.39, 0.29) is 13.1 Å². The van der Waals surface area contributed by atoms with Crippen molar-refractivity contribution >= 4 is 17.2 Å². The maximum atomic E-state index is 3.73. The van der Waals surface area contributed by atoms with Crippen molar-refractivity contribution in [3.8, 4) is 0 Å². The van der Waals surface area contributed by atoms with Crippen molar-refractivity contribution in [3.05, 3.63) is 23.3 Å². The van der Waals surface area contributed by atoms with Gasteiger partial charge in [-0.15, -0.1) is 9.24 Å². The smallest absolute Gasteiger partial charge is 0.0146 e. The van der Waals surface area contributed by atoms with E-state index in [4.69, 9.17) is 0 Å². The number of nitrogens with one attached hydrogen (secondary N) is 2. The van der Waals surface area contributed by atoms with Crippen molar-refractivity contribution in [1.82, 2.24) is 10.6 Å². The van der Waals surface area contributed by atoms with Gasteiger partial charge in [-0.25, -0.2) is 0 Å². The van der Waals surface area contributed by atoms with Crippen LogP contribution in [0.3, 0.4) is 0 Å². The Morgan fingerprint density at radius 1 is 0.931 bits per heavy atom. The van der Waals surface area contributed by atoms with Gasteiger partial charge in [0.25, 0.3) is 0 Å². The minimum Gasteiger partial charge on any atom is -0.316 e. The Bertz CT molecular complexity index is 580. The summed E-state index contributed by atoms with van der Waals surface area (Å²) in [5.74, 6) is 1.48. The van der Waals surface area contributed by atoms with Gasteiger partial charge in [0.15, 0.2) is 0 Å². The molecule has 0 aromatic carbocycles.